The first-order valence-corrected chi connectivity index (χ1v) is 4.81. The van der Waals surface area contributed by atoms with Gasteiger partial charge in [-0.25, -0.2) is 4.79 Å². The van der Waals surface area contributed by atoms with Gasteiger partial charge in [-0.2, -0.15) is 0 Å². The largest absolute Gasteiger partial charge is 0.338 e. The minimum Gasteiger partial charge on any atom is -0.338 e. The molecule has 0 unspecified atom stereocenters. The Morgan fingerprint density at radius 2 is 2.19 bits per heavy atom. The molecule has 1 rings (SSSR count). The van der Waals surface area contributed by atoms with Crippen LogP contribution in [-0.4, -0.2) is 29.5 Å². The van der Waals surface area contributed by atoms with Crippen LogP contribution in [0.2, 0.25) is 0 Å². The van der Waals surface area contributed by atoms with E-state index in [1.807, 2.05) is 20.8 Å². The van der Waals surface area contributed by atoms with E-state index in [1.165, 1.54) is 7.05 Å². The van der Waals surface area contributed by atoms with Crippen molar-refractivity contribution in [3.05, 3.63) is 11.8 Å². The molecule has 3 amide bonds. The van der Waals surface area contributed by atoms with E-state index < -0.39 is 6.03 Å². The van der Waals surface area contributed by atoms with Crippen LogP contribution in [0.25, 0.3) is 0 Å². The lowest BCUT2D eigenvalue weighted by molar-refractivity contribution is -0.114. The molecular weight excluding hydrogens is 210 g/mol. The van der Waals surface area contributed by atoms with Gasteiger partial charge in [0.05, 0.1) is 5.69 Å². The Morgan fingerprint density at radius 3 is 2.62 bits per heavy atom. The van der Waals surface area contributed by atoms with E-state index in [0.29, 0.717) is 6.41 Å². The minimum absolute atomic E-state index is 0.150. The van der Waals surface area contributed by atoms with Crippen LogP contribution in [0, 0.1) is 0 Å². The Balaban J connectivity index is 2.73. The Labute approximate surface area is 93.6 Å². The third kappa shape index (κ3) is 2.82. The summed E-state index contributed by atoms with van der Waals surface area (Å²) in [6.07, 6.45) is 0.413. The molecule has 1 N–H and O–H groups in total. The number of hydrogen-bond acceptors (Lipinski definition) is 4. The Bertz CT molecular complexity index is 392. The van der Waals surface area contributed by atoms with Crippen LogP contribution in [-0.2, 0) is 10.2 Å². The molecule has 0 spiro atoms. The van der Waals surface area contributed by atoms with Crippen molar-refractivity contribution in [3.8, 4) is 0 Å². The van der Waals surface area contributed by atoms with Gasteiger partial charge in [0.1, 0.15) is 0 Å². The van der Waals surface area contributed by atoms with Crippen LogP contribution in [0.5, 0.6) is 0 Å². The molecular formula is C10H15N3O3. The quantitative estimate of drug-likeness (QED) is 0.775. The predicted molar refractivity (Wildman–Crippen MR) is 58.0 cm³/mol. The zero-order valence-corrected chi connectivity index (χ0v) is 9.77. The number of imide groups is 1. The van der Waals surface area contributed by atoms with Crippen LogP contribution in [0.15, 0.2) is 10.6 Å². The highest BCUT2D eigenvalue weighted by molar-refractivity contribution is 5.94. The van der Waals surface area contributed by atoms with Gasteiger partial charge >= 0.3 is 6.03 Å². The van der Waals surface area contributed by atoms with E-state index in [-0.39, 0.29) is 11.3 Å². The monoisotopic (exact) mass is 225 g/mol. The average molecular weight is 225 g/mol. The maximum absolute atomic E-state index is 11.3. The lowest BCUT2D eigenvalue weighted by Gasteiger charge is -2.12. The molecule has 0 radical (unpaired) electrons. The molecule has 0 aromatic carbocycles. The summed E-state index contributed by atoms with van der Waals surface area (Å²) in [6.45, 7) is 5.94. The first-order chi connectivity index (χ1) is 7.34. The SMILES string of the molecule is CN(C=O)C(=O)Nc1cc(C(C)(C)C)no1. The normalized spacial score (nSPS) is 11.0. The summed E-state index contributed by atoms with van der Waals surface area (Å²) in [6, 6.07) is 1.07. The Hall–Kier alpha value is -1.85. The maximum Gasteiger partial charge on any atom is 0.330 e. The Morgan fingerprint density at radius 1 is 1.56 bits per heavy atom. The molecule has 6 nitrogen and oxygen atoms in total. The number of urea groups is 1. The van der Waals surface area contributed by atoms with Crippen LogP contribution in [0.4, 0.5) is 10.7 Å². The van der Waals surface area contributed by atoms with E-state index in [2.05, 4.69) is 10.5 Å². The molecule has 1 aromatic rings. The summed E-state index contributed by atoms with van der Waals surface area (Å²) in [7, 11) is 1.35. The standard InChI is InChI=1S/C10H15N3O3/c1-10(2,3)7-5-8(16-12-7)11-9(15)13(4)6-14/h5-6H,1-4H3,(H,11,15). The number of nitrogens with zero attached hydrogens (tertiary/aromatic N) is 2. The highest BCUT2D eigenvalue weighted by Crippen LogP contribution is 2.23. The second-order valence-corrected chi connectivity index (χ2v) is 4.47. The van der Waals surface area contributed by atoms with Gasteiger partial charge in [-0.15, -0.1) is 0 Å². The summed E-state index contributed by atoms with van der Waals surface area (Å²) >= 11 is 0. The van der Waals surface area contributed by atoms with E-state index in [9.17, 15) is 9.59 Å². The smallest absolute Gasteiger partial charge is 0.330 e. The van der Waals surface area contributed by atoms with E-state index in [0.717, 1.165) is 10.6 Å². The Kier molecular flexibility index (Phi) is 3.31. The lowest BCUT2D eigenvalue weighted by Crippen LogP contribution is -2.29. The van der Waals surface area contributed by atoms with Crippen molar-refractivity contribution in [2.24, 2.45) is 0 Å². The van der Waals surface area contributed by atoms with Gasteiger partial charge in [-0.05, 0) is 0 Å². The van der Waals surface area contributed by atoms with E-state index in [1.54, 1.807) is 6.07 Å². The summed E-state index contributed by atoms with van der Waals surface area (Å²) in [5, 5.41) is 6.24. The van der Waals surface area contributed by atoms with E-state index in [4.69, 9.17) is 4.52 Å². The number of nitrogens with one attached hydrogen (secondary N) is 1. The van der Waals surface area contributed by atoms with Gasteiger partial charge in [0.25, 0.3) is 0 Å². The molecule has 0 fully saturated rings. The van der Waals surface area contributed by atoms with Crippen molar-refractivity contribution in [2.75, 3.05) is 12.4 Å². The van der Waals surface area contributed by atoms with Crippen molar-refractivity contribution < 1.29 is 14.1 Å². The van der Waals surface area contributed by atoms with Crippen LogP contribution >= 0.6 is 0 Å². The third-order valence-corrected chi connectivity index (χ3v) is 1.99. The molecule has 0 saturated heterocycles. The van der Waals surface area contributed by atoms with Crippen molar-refractivity contribution in [1.29, 1.82) is 0 Å². The summed E-state index contributed by atoms with van der Waals surface area (Å²) < 4.78 is 4.93. The zero-order chi connectivity index (χ0) is 12.3. The van der Waals surface area contributed by atoms with Crippen LogP contribution in [0.1, 0.15) is 26.5 Å². The maximum atomic E-state index is 11.3. The molecule has 0 aliphatic rings. The van der Waals surface area contributed by atoms with Crippen LogP contribution < -0.4 is 5.32 Å². The molecule has 1 heterocycles. The molecule has 0 aliphatic heterocycles. The molecule has 6 heteroatoms. The van der Waals surface area contributed by atoms with Gasteiger partial charge in [0.2, 0.25) is 12.3 Å². The lowest BCUT2D eigenvalue weighted by atomic mass is 9.92. The summed E-state index contributed by atoms with van der Waals surface area (Å²) in [5.41, 5.74) is 0.583. The fraction of sp³-hybridized carbons (Fsp3) is 0.500. The fourth-order valence-corrected chi connectivity index (χ4v) is 0.929. The third-order valence-electron chi connectivity index (χ3n) is 1.99. The number of carbonyl (C=O) groups is 2. The number of carbonyl (C=O) groups excluding carboxylic acids is 2. The number of amides is 3. The second kappa shape index (κ2) is 4.34. The van der Waals surface area contributed by atoms with Gasteiger partial charge in [-0.1, -0.05) is 25.9 Å². The average Bonchev–Trinajstić information content (AvgIpc) is 2.64. The molecule has 0 saturated carbocycles. The topological polar surface area (TPSA) is 75.4 Å². The zero-order valence-electron chi connectivity index (χ0n) is 9.77. The van der Waals surface area contributed by atoms with Gasteiger partial charge < -0.3 is 4.52 Å². The summed E-state index contributed by atoms with van der Waals surface area (Å²) in [4.78, 5) is 22.5. The second-order valence-electron chi connectivity index (χ2n) is 4.47. The van der Waals surface area contributed by atoms with Crippen molar-refractivity contribution in [3.63, 3.8) is 0 Å². The highest BCUT2D eigenvalue weighted by atomic mass is 16.5. The number of aromatic nitrogens is 1. The summed E-state index contributed by atoms with van der Waals surface area (Å²) in [5.74, 6) is 0.226. The van der Waals surface area contributed by atoms with E-state index >= 15 is 0 Å². The molecule has 0 atom stereocenters. The van der Waals surface area contributed by atoms with Crippen molar-refractivity contribution in [1.82, 2.24) is 10.1 Å². The van der Waals surface area contributed by atoms with Crippen molar-refractivity contribution in [2.45, 2.75) is 26.2 Å². The first kappa shape index (κ1) is 12.2. The predicted octanol–water partition coefficient (Wildman–Crippen LogP) is 1.59. The molecule has 0 aliphatic carbocycles. The van der Waals surface area contributed by atoms with Gasteiger partial charge in [0, 0.05) is 18.5 Å². The van der Waals surface area contributed by atoms with Gasteiger partial charge in [0.15, 0.2) is 0 Å². The fourth-order valence-electron chi connectivity index (χ4n) is 0.929. The molecule has 0 bridgehead atoms. The highest BCUT2D eigenvalue weighted by Gasteiger charge is 2.20. The molecule has 88 valence electrons. The van der Waals surface area contributed by atoms with Gasteiger partial charge in [-0.3, -0.25) is 15.0 Å². The molecule has 16 heavy (non-hydrogen) atoms. The first-order valence-electron chi connectivity index (χ1n) is 4.81. The number of hydrogen-bond donors (Lipinski definition) is 1. The number of anilines is 1. The van der Waals surface area contributed by atoms with Crippen molar-refractivity contribution >= 4 is 18.3 Å². The minimum atomic E-state index is -0.563. The molecule has 1 aromatic heterocycles. The van der Waals surface area contributed by atoms with Crippen LogP contribution in [0.3, 0.4) is 0 Å². The number of rotatable bonds is 2.